The molecule has 0 aliphatic carbocycles. The molecular formula is C18H18O4. The van der Waals surface area contributed by atoms with E-state index in [0.29, 0.717) is 11.1 Å². The summed E-state index contributed by atoms with van der Waals surface area (Å²) in [5, 5.41) is 9.88. The number of esters is 1. The van der Waals surface area contributed by atoms with Gasteiger partial charge >= 0.3 is 5.97 Å². The van der Waals surface area contributed by atoms with Gasteiger partial charge in [0, 0.05) is 5.56 Å². The molecule has 0 heterocycles. The maximum Gasteiger partial charge on any atom is 0.342 e. The Morgan fingerprint density at radius 3 is 2.32 bits per heavy atom. The van der Waals surface area contributed by atoms with Crippen LogP contribution in [0.3, 0.4) is 0 Å². The minimum absolute atomic E-state index is 0.0588. The standard InChI is InChI=1S/C18H18O4/c1-11-7-9-14(10-8-11)17(20)13(3)22-18(21)15-6-4-5-12(2)16(15)19/h4-10,13,19H,1-3H3/t13-/m0/s1. The second-order valence-corrected chi connectivity index (χ2v) is 5.25. The highest BCUT2D eigenvalue weighted by molar-refractivity contribution is 6.01. The summed E-state index contributed by atoms with van der Waals surface area (Å²) in [5.41, 5.74) is 2.17. The number of carbonyl (C=O) groups is 2. The summed E-state index contributed by atoms with van der Waals surface area (Å²) in [4.78, 5) is 24.3. The first-order valence-electron chi connectivity index (χ1n) is 7.00. The fourth-order valence-corrected chi connectivity index (χ4v) is 2.05. The number of aryl methyl sites for hydroxylation is 2. The number of hydrogen-bond donors (Lipinski definition) is 1. The summed E-state index contributed by atoms with van der Waals surface area (Å²) in [5.74, 6) is -1.11. The summed E-state index contributed by atoms with van der Waals surface area (Å²) < 4.78 is 5.17. The summed E-state index contributed by atoms with van der Waals surface area (Å²) in [6.07, 6.45) is -0.921. The SMILES string of the molecule is Cc1ccc(C(=O)[C@H](C)OC(=O)c2cccc(C)c2O)cc1. The molecule has 0 saturated carbocycles. The molecule has 0 aliphatic rings. The van der Waals surface area contributed by atoms with Crippen LogP contribution in [0.2, 0.25) is 0 Å². The van der Waals surface area contributed by atoms with Crippen LogP contribution < -0.4 is 0 Å². The Kier molecular flexibility index (Phi) is 4.61. The first kappa shape index (κ1) is 15.8. The van der Waals surface area contributed by atoms with Crippen LogP contribution >= 0.6 is 0 Å². The minimum Gasteiger partial charge on any atom is -0.507 e. The average molecular weight is 298 g/mol. The Hall–Kier alpha value is -2.62. The molecule has 0 amide bonds. The number of benzene rings is 2. The fourth-order valence-electron chi connectivity index (χ4n) is 2.05. The van der Waals surface area contributed by atoms with E-state index in [9.17, 15) is 14.7 Å². The summed E-state index contributed by atoms with van der Waals surface area (Å²) >= 11 is 0. The van der Waals surface area contributed by atoms with E-state index in [1.54, 1.807) is 31.2 Å². The lowest BCUT2D eigenvalue weighted by Crippen LogP contribution is -2.24. The topological polar surface area (TPSA) is 63.6 Å². The number of Topliss-reactive ketones (excluding diaryl/α,β-unsaturated/α-hetero) is 1. The van der Waals surface area contributed by atoms with Gasteiger partial charge in [0.15, 0.2) is 6.10 Å². The number of phenols is 1. The zero-order valence-corrected chi connectivity index (χ0v) is 12.8. The summed E-state index contributed by atoms with van der Waals surface area (Å²) in [6, 6.07) is 11.9. The molecule has 1 N–H and O–H groups in total. The van der Waals surface area contributed by atoms with Crippen LogP contribution in [0.1, 0.15) is 38.8 Å². The van der Waals surface area contributed by atoms with Crippen LogP contribution in [-0.2, 0) is 4.74 Å². The molecule has 4 nitrogen and oxygen atoms in total. The van der Waals surface area contributed by atoms with Crippen LogP contribution in [0.4, 0.5) is 0 Å². The molecule has 0 fully saturated rings. The highest BCUT2D eigenvalue weighted by Gasteiger charge is 2.22. The van der Waals surface area contributed by atoms with Crippen LogP contribution in [0.15, 0.2) is 42.5 Å². The average Bonchev–Trinajstić information content (AvgIpc) is 2.50. The number of ether oxygens (including phenoxy) is 1. The Bertz CT molecular complexity index is 702. The van der Waals surface area contributed by atoms with Gasteiger partial charge in [-0.1, -0.05) is 42.0 Å². The van der Waals surface area contributed by atoms with E-state index in [1.807, 2.05) is 19.1 Å². The first-order chi connectivity index (χ1) is 10.4. The quantitative estimate of drug-likeness (QED) is 0.693. The van der Waals surface area contributed by atoms with Crippen molar-refractivity contribution < 1.29 is 19.4 Å². The van der Waals surface area contributed by atoms with Crippen molar-refractivity contribution in [3.05, 3.63) is 64.7 Å². The molecule has 1 atom stereocenters. The molecule has 0 radical (unpaired) electrons. The third-order valence-corrected chi connectivity index (χ3v) is 3.45. The lowest BCUT2D eigenvalue weighted by Gasteiger charge is -2.13. The molecule has 0 unspecified atom stereocenters. The monoisotopic (exact) mass is 298 g/mol. The highest BCUT2D eigenvalue weighted by atomic mass is 16.5. The van der Waals surface area contributed by atoms with Crippen LogP contribution in [0.5, 0.6) is 5.75 Å². The van der Waals surface area contributed by atoms with Gasteiger partial charge in [0.05, 0.1) is 0 Å². The normalized spacial score (nSPS) is 11.8. The van der Waals surface area contributed by atoms with E-state index >= 15 is 0 Å². The molecule has 0 saturated heterocycles. The van der Waals surface area contributed by atoms with Crippen molar-refractivity contribution in [1.82, 2.24) is 0 Å². The van der Waals surface area contributed by atoms with E-state index in [-0.39, 0.29) is 17.1 Å². The Morgan fingerprint density at radius 2 is 1.68 bits per heavy atom. The minimum atomic E-state index is -0.921. The Morgan fingerprint density at radius 1 is 1.05 bits per heavy atom. The Balaban J connectivity index is 2.12. The van der Waals surface area contributed by atoms with Crippen LogP contribution in [0, 0.1) is 13.8 Å². The molecule has 2 rings (SSSR count). The molecule has 0 spiro atoms. The molecule has 114 valence electrons. The van der Waals surface area contributed by atoms with Crippen molar-refractivity contribution >= 4 is 11.8 Å². The van der Waals surface area contributed by atoms with E-state index in [0.717, 1.165) is 5.56 Å². The van der Waals surface area contributed by atoms with Gasteiger partial charge in [-0.15, -0.1) is 0 Å². The maximum absolute atomic E-state index is 12.2. The smallest absolute Gasteiger partial charge is 0.342 e. The highest BCUT2D eigenvalue weighted by Crippen LogP contribution is 2.23. The second kappa shape index (κ2) is 6.43. The van der Waals surface area contributed by atoms with Crippen molar-refractivity contribution in [2.24, 2.45) is 0 Å². The molecule has 2 aromatic carbocycles. The van der Waals surface area contributed by atoms with E-state index in [1.165, 1.54) is 13.0 Å². The molecular weight excluding hydrogens is 280 g/mol. The number of ketones is 1. The van der Waals surface area contributed by atoms with E-state index in [2.05, 4.69) is 0 Å². The lowest BCUT2D eigenvalue weighted by molar-refractivity contribution is 0.0316. The van der Waals surface area contributed by atoms with Crippen molar-refractivity contribution in [3.8, 4) is 5.75 Å². The number of carbonyl (C=O) groups excluding carboxylic acids is 2. The van der Waals surface area contributed by atoms with Crippen LogP contribution in [-0.4, -0.2) is 23.0 Å². The van der Waals surface area contributed by atoms with Gasteiger partial charge in [-0.05, 0) is 32.4 Å². The molecule has 0 aromatic heterocycles. The second-order valence-electron chi connectivity index (χ2n) is 5.25. The van der Waals surface area contributed by atoms with Gasteiger partial charge in [0.25, 0.3) is 0 Å². The van der Waals surface area contributed by atoms with Gasteiger partial charge in [0.2, 0.25) is 5.78 Å². The molecule has 4 heteroatoms. The van der Waals surface area contributed by atoms with Gasteiger partial charge < -0.3 is 9.84 Å². The largest absolute Gasteiger partial charge is 0.507 e. The van der Waals surface area contributed by atoms with Gasteiger partial charge in [-0.25, -0.2) is 4.79 Å². The van der Waals surface area contributed by atoms with Gasteiger partial charge in [0.1, 0.15) is 11.3 Å². The van der Waals surface area contributed by atoms with Gasteiger partial charge in [-0.3, -0.25) is 4.79 Å². The number of phenolic OH excluding ortho intramolecular Hbond substituents is 1. The van der Waals surface area contributed by atoms with Crippen molar-refractivity contribution in [2.45, 2.75) is 26.9 Å². The predicted octanol–water partition coefficient (Wildman–Crippen LogP) is 3.44. The van der Waals surface area contributed by atoms with Gasteiger partial charge in [-0.2, -0.15) is 0 Å². The van der Waals surface area contributed by atoms with Crippen LogP contribution in [0.25, 0.3) is 0 Å². The van der Waals surface area contributed by atoms with Crippen molar-refractivity contribution in [2.75, 3.05) is 0 Å². The third-order valence-electron chi connectivity index (χ3n) is 3.45. The predicted molar refractivity (Wildman–Crippen MR) is 83.2 cm³/mol. The molecule has 22 heavy (non-hydrogen) atoms. The summed E-state index contributed by atoms with van der Waals surface area (Å²) in [7, 11) is 0. The first-order valence-corrected chi connectivity index (χ1v) is 7.00. The zero-order chi connectivity index (χ0) is 16.3. The molecule has 2 aromatic rings. The summed E-state index contributed by atoms with van der Waals surface area (Å²) in [6.45, 7) is 5.14. The Labute approximate surface area is 129 Å². The number of hydrogen-bond acceptors (Lipinski definition) is 4. The zero-order valence-electron chi connectivity index (χ0n) is 12.8. The fraction of sp³-hybridized carbons (Fsp3) is 0.222. The maximum atomic E-state index is 12.2. The van der Waals surface area contributed by atoms with E-state index in [4.69, 9.17) is 4.74 Å². The van der Waals surface area contributed by atoms with E-state index < -0.39 is 12.1 Å². The van der Waals surface area contributed by atoms with Crippen molar-refractivity contribution in [1.29, 1.82) is 0 Å². The molecule has 0 bridgehead atoms. The van der Waals surface area contributed by atoms with Crippen molar-refractivity contribution in [3.63, 3.8) is 0 Å². The number of rotatable bonds is 4. The number of para-hydroxylation sites is 1. The third kappa shape index (κ3) is 3.34. The number of aromatic hydroxyl groups is 1. The molecule has 0 aliphatic heterocycles. The lowest BCUT2D eigenvalue weighted by atomic mass is 10.1.